The van der Waals surface area contributed by atoms with Gasteiger partial charge in [0.2, 0.25) is 0 Å². The van der Waals surface area contributed by atoms with Crippen molar-refractivity contribution in [3.8, 4) is 0 Å². The molecule has 0 fully saturated rings. The van der Waals surface area contributed by atoms with Gasteiger partial charge in [0.15, 0.2) is 0 Å². The van der Waals surface area contributed by atoms with Gasteiger partial charge in [-0.2, -0.15) is 0 Å². The second-order valence-corrected chi connectivity index (χ2v) is 3.98. The van der Waals surface area contributed by atoms with E-state index in [0.717, 1.165) is 16.5 Å². The van der Waals surface area contributed by atoms with E-state index in [4.69, 9.17) is 0 Å². The summed E-state index contributed by atoms with van der Waals surface area (Å²) < 4.78 is 26.1. The molecule has 0 bridgehead atoms. The number of quaternary nitrogens is 1. The minimum Gasteiger partial charge on any atom is -0.301 e. The number of hydrogen-bond acceptors (Lipinski definition) is 1. The quantitative estimate of drug-likeness (QED) is 0.857. The van der Waals surface area contributed by atoms with Crippen molar-refractivity contribution in [1.82, 2.24) is 4.98 Å². The summed E-state index contributed by atoms with van der Waals surface area (Å²) in [7, 11) is 1.86. The highest BCUT2D eigenvalue weighted by atomic mass is 19.1. The molecule has 0 aliphatic heterocycles. The molecule has 0 radical (unpaired) electrons. The van der Waals surface area contributed by atoms with Crippen LogP contribution in [-0.4, -0.2) is 12.0 Å². The first-order valence-electron chi connectivity index (χ1n) is 5.33. The second kappa shape index (κ2) is 5.01. The largest absolute Gasteiger partial charge is 0.301 e. The van der Waals surface area contributed by atoms with E-state index in [1.54, 1.807) is 12.4 Å². The van der Waals surface area contributed by atoms with Crippen molar-refractivity contribution >= 4 is 5.69 Å². The zero-order valence-electron chi connectivity index (χ0n) is 9.45. The van der Waals surface area contributed by atoms with Crippen molar-refractivity contribution in [3.63, 3.8) is 0 Å². The van der Waals surface area contributed by atoms with Crippen LogP contribution in [0.4, 0.5) is 14.5 Å². The number of benzene rings is 1. The molecule has 1 aromatic heterocycles. The Morgan fingerprint density at radius 2 is 1.88 bits per heavy atom. The first-order chi connectivity index (χ1) is 8.15. The Morgan fingerprint density at radius 1 is 1.18 bits per heavy atom. The third-order valence-corrected chi connectivity index (χ3v) is 2.55. The summed E-state index contributed by atoms with van der Waals surface area (Å²) >= 11 is 0. The lowest BCUT2D eigenvalue weighted by atomic mass is 10.2. The average molecular weight is 235 g/mol. The van der Waals surface area contributed by atoms with E-state index in [9.17, 15) is 8.78 Å². The Morgan fingerprint density at radius 3 is 2.47 bits per heavy atom. The molecule has 17 heavy (non-hydrogen) atoms. The molecule has 0 saturated heterocycles. The first kappa shape index (κ1) is 11.7. The fraction of sp³-hybridized carbons (Fsp3) is 0.154. The molecular weight excluding hydrogens is 222 g/mol. The van der Waals surface area contributed by atoms with Crippen LogP contribution in [0.1, 0.15) is 5.56 Å². The summed E-state index contributed by atoms with van der Waals surface area (Å²) in [5, 5.41) is 0. The van der Waals surface area contributed by atoms with E-state index in [-0.39, 0.29) is 0 Å². The van der Waals surface area contributed by atoms with Gasteiger partial charge in [0.1, 0.15) is 23.9 Å². The highest BCUT2D eigenvalue weighted by Crippen LogP contribution is 2.09. The van der Waals surface area contributed by atoms with Crippen LogP contribution in [0.15, 0.2) is 42.7 Å². The van der Waals surface area contributed by atoms with Crippen molar-refractivity contribution in [1.29, 1.82) is 0 Å². The molecule has 0 aliphatic rings. The molecule has 0 saturated carbocycles. The smallest absolute Gasteiger partial charge is 0.137 e. The van der Waals surface area contributed by atoms with Gasteiger partial charge >= 0.3 is 0 Å². The maximum atomic E-state index is 13.1. The topological polar surface area (TPSA) is 17.3 Å². The van der Waals surface area contributed by atoms with E-state index < -0.39 is 11.6 Å². The van der Waals surface area contributed by atoms with E-state index in [0.29, 0.717) is 12.2 Å². The summed E-state index contributed by atoms with van der Waals surface area (Å²) in [6, 6.07) is 7.34. The molecule has 2 rings (SSSR count). The molecular formula is C13H13F2N2+. The third kappa shape index (κ3) is 3.07. The Labute approximate surface area is 98.5 Å². The monoisotopic (exact) mass is 235 g/mol. The lowest BCUT2D eigenvalue weighted by molar-refractivity contribution is -0.825. The summed E-state index contributed by atoms with van der Waals surface area (Å²) in [4.78, 5) is 4.92. The van der Waals surface area contributed by atoms with Crippen LogP contribution in [-0.2, 0) is 6.54 Å². The standard InChI is InChI=1S/C13H12F2N2/c1-17(9-10-3-2-4-16-8-10)13-6-11(14)5-12(15)7-13/h2-8H,9H2,1H3/p+1. The molecule has 2 nitrogen and oxygen atoms in total. The van der Waals surface area contributed by atoms with Crippen LogP contribution in [0.5, 0.6) is 0 Å². The van der Waals surface area contributed by atoms with Gasteiger partial charge in [0.05, 0.1) is 7.05 Å². The number of hydrogen-bond donors (Lipinski definition) is 1. The number of nitrogens with one attached hydrogen (secondary N) is 1. The summed E-state index contributed by atoms with van der Waals surface area (Å²) in [6.45, 7) is 0.636. The van der Waals surface area contributed by atoms with Crippen molar-refractivity contribution in [2.45, 2.75) is 6.54 Å². The molecule has 1 unspecified atom stereocenters. The minimum absolute atomic E-state index is 0.550. The minimum atomic E-state index is -0.550. The van der Waals surface area contributed by atoms with E-state index in [2.05, 4.69) is 4.98 Å². The number of pyridine rings is 1. The predicted octanol–water partition coefficient (Wildman–Crippen LogP) is 1.71. The summed E-state index contributed by atoms with van der Waals surface area (Å²) in [5.74, 6) is -1.10. The van der Waals surface area contributed by atoms with E-state index in [1.807, 2.05) is 19.2 Å². The molecule has 1 heterocycles. The van der Waals surface area contributed by atoms with Gasteiger partial charge in [-0.25, -0.2) is 8.78 Å². The van der Waals surface area contributed by atoms with Gasteiger partial charge in [0, 0.05) is 36.2 Å². The van der Waals surface area contributed by atoms with Crippen molar-refractivity contribution in [3.05, 3.63) is 59.9 Å². The maximum Gasteiger partial charge on any atom is 0.137 e. The highest BCUT2D eigenvalue weighted by Gasteiger charge is 2.10. The van der Waals surface area contributed by atoms with Gasteiger partial charge in [-0.1, -0.05) is 6.07 Å². The van der Waals surface area contributed by atoms with Crippen LogP contribution < -0.4 is 4.90 Å². The molecule has 0 amide bonds. The maximum absolute atomic E-state index is 13.1. The lowest BCUT2D eigenvalue weighted by Crippen LogP contribution is -3.02. The van der Waals surface area contributed by atoms with E-state index >= 15 is 0 Å². The van der Waals surface area contributed by atoms with Crippen molar-refractivity contribution in [2.75, 3.05) is 7.05 Å². The third-order valence-electron chi connectivity index (χ3n) is 2.55. The second-order valence-electron chi connectivity index (χ2n) is 3.98. The zero-order valence-corrected chi connectivity index (χ0v) is 9.45. The van der Waals surface area contributed by atoms with Crippen molar-refractivity contribution in [2.24, 2.45) is 0 Å². The van der Waals surface area contributed by atoms with E-state index in [1.165, 1.54) is 12.1 Å². The van der Waals surface area contributed by atoms with Crippen molar-refractivity contribution < 1.29 is 13.7 Å². The Kier molecular flexibility index (Phi) is 3.44. The van der Waals surface area contributed by atoms with Gasteiger partial charge in [-0.05, 0) is 6.07 Å². The number of nitrogens with zero attached hydrogens (tertiary/aromatic N) is 1. The van der Waals surface area contributed by atoms with Gasteiger partial charge < -0.3 is 4.90 Å². The van der Waals surface area contributed by atoms with Crippen LogP contribution in [0.2, 0.25) is 0 Å². The summed E-state index contributed by atoms with van der Waals surface area (Å²) in [6.07, 6.45) is 3.44. The molecule has 88 valence electrons. The molecule has 1 aromatic carbocycles. The van der Waals surface area contributed by atoms with Crippen LogP contribution in [0.3, 0.4) is 0 Å². The Hall–Kier alpha value is -1.81. The predicted molar refractivity (Wildman–Crippen MR) is 60.8 cm³/mol. The fourth-order valence-electron chi connectivity index (χ4n) is 1.71. The first-order valence-corrected chi connectivity index (χ1v) is 5.33. The molecule has 0 aliphatic carbocycles. The SMILES string of the molecule is C[NH+](Cc1cccnc1)c1cc(F)cc(F)c1. The average Bonchev–Trinajstić information content (AvgIpc) is 2.29. The normalized spacial score (nSPS) is 12.4. The van der Waals surface area contributed by atoms with Gasteiger partial charge in [-0.15, -0.1) is 0 Å². The lowest BCUT2D eigenvalue weighted by Gasteiger charge is -2.13. The molecule has 4 heteroatoms. The molecule has 1 atom stereocenters. The molecule has 1 N–H and O–H groups in total. The van der Waals surface area contributed by atoms with Gasteiger partial charge in [-0.3, -0.25) is 4.98 Å². The summed E-state index contributed by atoms with van der Waals surface area (Å²) in [5.41, 5.74) is 1.61. The van der Waals surface area contributed by atoms with Crippen LogP contribution in [0, 0.1) is 11.6 Å². The number of aromatic nitrogens is 1. The number of halogens is 2. The number of rotatable bonds is 3. The Balaban J connectivity index is 2.17. The molecule has 2 aromatic rings. The van der Waals surface area contributed by atoms with Crippen LogP contribution in [0.25, 0.3) is 0 Å². The highest BCUT2D eigenvalue weighted by molar-refractivity contribution is 5.30. The van der Waals surface area contributed by atoms with Crippen LogP contribution >= 0.6 is 0 Å². The Bertz CT molecular complexity index is 480. The van der Waals surface area contributed by atoms with Gasteiger partial charge in [0.25, 0.3) is 0 Å². The molecule has 0 spiro atoms. The zero-order chi connectivity index (χ0) is 12.3. The fourth-order valence-corrected chi connectivity index (χ4v) is 1.71.